The fourth-order valence-corrected chi connectivity index (χ4v) is 5.08. The van der Waals surface area contributed by atoms with E-state index in [2.05, 4.69) is 0 Å². The van der Waals surface area contributed by atoms with E-state index in [-0.39, 0.29) is 5.92 Å². The van der Waals surface area contributed by atoms with E-state index < -0.39 is 16.1 Å². The highest BCUT2D eigenvalue weighted by Gasteiger charge is 2.35. The van der Waals surface area contributed by atoms with Gasteiger partial charge < -0.3 is 5.11 Å². The lowest BCUT2D eigenvalue weighted by molar-refractivity contribution is 0.181. The van der Waals surface area contributed by atoms with Gasteiger partial charge in [-0.05, 0) is 50.5 Å². The van der Waals surface area contributed by atoms with E-state index in [0.717, 1.165) is 22.3 Å². The second kappa shape index (κ2) is 9.08. The van der Waals surface area contributed by atoms with Crippen molar-refractivity contribution in [1.29, 1.82) is 0 Å². The largest absolute Gasteiger partial charge is 0.388 e. The fourth-order valence-electron chi connectivity index (χ4n) is 3.63. The molecule has 0 aromatic heterocycles. The van der Waals surface area contributed by atoms with E-state index in [4.69, 9.17) is 0 Å². The summed E-state index contributed by atoms with van der Waals surface area (Å²) in [7, 11) is -3.52. The van der Waals surface area contributed by atoms with Crippen molar-refractivity contribution in [3.05, 3.63) is 89.0 Å². The van der Waals surface area contributed by atoms with Crippen molar-refractivity contribution in [2.75, 3.05) is 13.1 Å². The Morgan fingerprint density at radius 2 is 1.79 bits per heavy atom. The smallest absolute Gasteiger partial charge is 0.243 e. The van der Waals surface area contributed by atoms with Crippen LogP contribution in [0.1, 0.15) is 37.5 Å². The number of hydrogen-bond acceptors (Lipinski definition) is 3. The van der Waals surface area contributed by atoms with Crippen LogP contribution in [0.5, 0.6) is 0 Å². The molecule has 5 heteroatoms. The van der Waals surface area contributed by atoms with Crippen molar-refractivity contribution in [2.24, 2.45) is 5.92 Å². The molecule has 2 aromatic carbocycles. The summed E-state index contributed by atoms with van der Waals surface area (Å²) in [6.07, 6.45) is 3.95. The Hall–Kier alpha value is -2.21. The second-order valence-corrected chi connectivity index (χ2v) is 9.77. The highest BCUT2D eigenvalue weighted by Crippen LogP contribution is 2.31. The van der Waals surface area contributed by atoms with Crippen molar-refractivity contribution in [2.45, 2.75) is 38.2 Å². The molecule has 2 aromatic rings. The predicted molar refractivity (Wildman–Crippen MR) is 117 cm³/mol. The molecule has 0 spiro atoms. The van der Waals surface area contributed by atoms with E-state index in [1.54, 1.807) is 16.4 Å². The lowest BCUT2D eigenvalue weighted by atomic mass is 9.97. The van der Waals surface area contributed by atoms with Crippen molar-refractivity contribution in [1.82, 2.24) is 4.31 Å². The summed E-state index contributed by atoms with van der Waals surface area (Å²) >= 11 is 0. The minimum absolute atomic E-state index is 0.0307. The lowest BCUT2D eigenvalue weighted by Crippen LogP contribution is -2.28. The van der Waals surface area contributed by atoms with Gasteiger partial charge in [-0.2, -0.15) is 4.31 Å². The summed E-state index contributed by atoms with van der Waals surface area (Å²) in [5, 5.41) is 10.4. The highest BCUT2D eigenvalue weighted by molar-refractivity contribution is 7.89. The van der Waals surface area contributed by atoms with Gasteiger partial charge in [0.25, 0.3) is 0 Å². The maximum absolute atomic E-state index is 13.1. The van der Waals surface area contributed by atoms with E-state index >= 15 is 0 Å². The molecule has 1 saturated heterocycles. The van der Waals surface area contributed by atoms with Gasteiger partial charge in [0.15, 0.2) is 0 Å². The Morgan fingerprint density at radius 3 is 2.41 bits per heavy atom. The molecule has 1 fully saturated rings. The number of sulfonamides is 1. The Kier molecular flexibility index (Phi) is 6.73. The van der Waals surface area contributed by atoms with E-state index in [0.29, 0.717) is 24.4 Å². The highest BCUT2D eigenvalue weighted by atomic mass is 32.2. The number of aryl methyl sites for hydroxylation is 1. The first-order valence-corrected chi connectivity index (χ1v) is 11.4. The van der Waals surface area contributed by atoms with Crippen LogP contribution >= 0.6 is 0 Å². The van der Waals surface area contributed by atoms with Crippen molar-refractivity contribution in [3.63, 3.8) is 0 Å². The third-order valence-corrected chi connectivity index (χ3v) is 7.23. The van der Waals surface area contributed by atoms with E-state index in [1.165, 1.54) is 0 Å². The molecule has 0 radical (unpaired) electrons. The van der Waals surface area contributed by atoms with Gasteiger partial charge in [0.05, 0.1) is 11.0 Å². The fraction of sp³-hybridized carbons (Fsp3) is 0.333. The zero-order valence-corrected chi connectivity index (χ0v) is 18.1. The van der Waals surface area contributed by atoms with Gasteiger partial charge in [0, 0.05) is 19.0 Å². The number of aliphatic hydroxyl groups excluding tert-OH is 1. The Balaban J connectivity index is 1.74. The molecular weight excluding hydrogens is 382 g/mol. The molecule has 3 rings (SSSR count). The average molecular weight is 412 g/mol. The van der Waals surface area contributed by atoms with Crippen LogP contribution in [-0.4, -0.2) is 30.9 Å². The van der Waals surface area contributed by atoms with E-state index in [9.17, 15) is 13.5 Å². The first kappa shape index (κ1) is 21.5. The molecule has 154 valence electrons. The number of aliphatic hydroxyl groups is 1. The molecule has 1 heterocycles. The van der Waals surface area contributed by atoms with Gasteiger partial charge >= 0.3 is 0 Å². The SMILES string of the molecule is CC(C)=C1CN(S(=O)(=O)c2ccc(C)cc2)CC1/C=C/CC(O)c1ccccc1. The zero-order chi connectivity index (χ0) is 21.0. The summed E-state index contributed by atoms with van der Waals surface area (Å²) in [4.78, 5) is 0.334. The van der Waals surface area contributed by atoms with Crippen LogP contribution in [0.25, 0.3) is 0 Å². The molecule has 0 bridgehead atoms. The molecule has 1 N–H and O–H groups in total. The lowest BCUT2D eigenvalue weighted by Gasteiger charge is -2.16. The standard InChI is InChI=1S/C24H29NO3S/c1-18(2)23-17-25(29(27,28)22-14-12-19(3)13-15-22)16-21(23)10-7-11-24(26)20-8-5-4-6-9-20/h4-10,12-15,21,24,26H,11,16-17H2,1-3H3/b10-7+. The number of allylic oxidation sites excluding steroid dienone is 1. The number of nitrogens with zero attached hydrogens (tertiary/aromatic N) is 1. The topological polar surface area (TPSA) is 57.6 Å². The molecule has 2 atom stereocenters. The van der Waals surface area contributed by atoms with Crippen molar-refractivity contribution in [3.8, 4) is 0 Å². The van der Waals surface area contributed by atoms with E-state index in [1.807, 2.05) is 75.4 Å². The van der Waals surface area contributed by atoms with Crippen LogP contribution in [-0.2, 0) is 10.0 Å². The van der Waals surface area contributed by atoms with Crippen LogP contribution in [0, 0.1) is 12.8 Å². The Bertz CT molecular complexity index is 988. The Morgan fingerprint density at radius 1 is 1.14 bits per heavy atom. The normalized spacial score (nSPS) is 19.0. The molecule has 1 aliphatic heterocycles. The van der Waals surface area contributed by atoms with Crippen LogP contribution in [0.2, 0.25) is 0 Å². The minimum Gasteiger partial charge on any atom is -0.388 e. The summed E-state index contributed by atoms with van der Waals surface area (Å²) in [5.74, 6) is 0.0307. The third-order valence-electron chi connectivity index (χ3n) is 5.41. The van der Waals surface area contributed by atoms with Gasteiger partial charge in [0.2, 0.25) is 10.0 Å². The van der Waals surface area contributed by atoms with Gasteiger partial charge in [-0.3, -0.25) is 0 Å². The molecule has 0 aliphatic carbocycles. The molecule has 29 heavy (non-hydrogen) atoms. The maximum Gasteiger partial charge on any atom is 0.243 e. The monoisotopic (exact) mass is 411 g/mol. The van der Waals surface area contributed by atoms with Gasteiger partial charge in [-0.25, -0.2) is 8.42 Å². The number of benzene rings is 2. The molecule has 0 amide bonds. The second-order valence-electron chi connectivity index (χ2n) is 7.83. The molecule has 2 unspecified atom stereocenters. The summed E-state index contributed by atoms with van der Waals surface area (Å²) in [5.41, 5.74) is 4.19. The van der Waals surface area contributed by atoms with Gasteiger partial charge in [-0.1, -0.05) is 65.8 Å². The molecule has 4 nitrogen and oxygen atoms in total. The summed E-state index contributed by atoms with van der Waals surface area (Å²) < 4.78 is 27.7. The first-order chi connectivity index (χ1) is 13.8. The number of hydrogen-bond donors (Lipinski definition) is 1. The van der Waals surface area contributed by atoms with Crippen LogP contribution in [0.4, 0.5) is 0 Å². The first-order valence-electron chi connectivity index (χ1n) is 9.92. The van der Waals surface area contributed by atoms with Gasteiger partial charge in [-0.15, -0.1) is 0 Å². The number of rotatable bonds is 6. The molecule has 0 saturated carbocycles. The van der Waals surface area contributed by atoms with Gasteiger partial charge in [0.1, 0.15) is 0 Å². The van der Waals surface area contributed by atoms with Crippen molar-refractivity contribution >= 4 is 10.0 Å². The quantitative estimate of drug-likeness (QED) is 0.705. The molecular formula is C24H29NO3S. The summed E-state index contributed by atoms with van der Waals surface area (Å²) in [6.45, 7) is 6.83. The van der Waals surface area contributed by atoms with Crippen LogP contribution in [0.15, 0.2) is 82.8 Å². The molecule has 1 aliphatic rings. The Labute approximate surface area is 174 Å². The third kappa shape index (κ3) is 5.04. The van der Waals surface area contributed by atoms with Crippen molar-refractivity contribution < 1.29 is 13.5 Å². The summed E-state index contributed by atoms with van der Waals surface area (Å²) in [6, 6.07) is 16.6. The zero-order valence-electron chi connectivity index (χ0n) is 17.2. The average Bonchev–Trinajstić information content (AvgIpc) is 3.14. The maximum atomic E-state index is 13.1. The predicted octanol–water partition coefficient (Wildman–Crippen LogP) is 4.63. The van der Waals surface area contributed by atoms with Crippen LogP contribution in [0.3, 0.4) is 0 Å². The minimum atomic E-state index is -3.52. The van der Waals surface area contributed by atoms with Crippen LogP contribution < -0.4 is 0 Å².